The molecule has 24 heavy (non-hydrogen) atoms. The molecule has 0 saturated heterocycles. The number of urea groups is 1. The van der Waals surface area contributed by atoms with E-state index in [0.717, 1.165) is 23.4 Å². The van der Waals surface area contributed by atoms with Crippen LogP contribution in [0, 0.1) is 6.92 Å². The van der Waals surface area contributed by atoms with Crippen LogP contribution in [-0.4, -0.2) is 25.6 Å². The van der Waals surface area contributed by atoms with Crippen LogP contribution in [0.25, 0.3) is 0 Å². The number of nitrogens with one attached hydrogen (secondary N) is 2. The molecule has 2 heterocycles. The van der Waals surface area contributed by atoms with Gasteiger partial charge in [-0.3, -0.25) is 14.7 Å². The third kappa shape index (κ3) is 3.96. The van der Waals surface area contributed by atoms with Crippen LogP contribution in [0.2, 0.25) is 0 Å². The minimum atomic E-state index is -0.254. The van der Waals surface area contributed by atoms with E-state index in [9.17, 15) is 4.79 Å². The molecule has 0 fully saturated rings. The van der Waals surface area contributed by atoms with Crippen molar-refractivity contribution in [2.24, 2.45) is 7.05 Å². The van der Waals surface area contributed by atoms with Crippen LogP contribution in [0.3, 0.4) is 0 Å². The van der Waals surface area contributed by atoms with Gasteiger partial charge in [-0.2, -0.15) is 10.2 Å². The molecule has 0 aliphatic carbocycles. The minimum Gasteiger partial charge on any atom is -0.331 e. The molecule has 2 aromatic heterocycles. The van der Waals surface area contributed by atoms with E-state index in [-0.39, 0.29) is 17.6 Å². The summed E-state index contributed by atoms with van der Waals surface area (Å²) in [6.07, 6.45) is 2.83. The molecule has 0 saturated carbocycles. The fourth-order valence-electron chi connectivity index (χ4n) is 2.49. The Balaban J connectivity index is 2.06. The van der Waals surface area contributed by atoms with Gasteiger partial charge >= 0.3 is 6.03 Å². The van der Waals surface area contributed by atoms with Crippen LogP contribution in [0.15, 0.2) is 12.3 Å². The predicted octanol–water partition coefficient (Wildman–Crippen LogP) is 3.13. The molecule has 0 aliphatic heterocycles. The summed E-state index contributed by atoms with van der Waals surface area (Å²) in [6, 6.07) is 1.49. The zero-order valence-corrected chi connectivity index (χ0v) is 15.6. The number of aryl methyl sites for hydroxylation is 3. The van der Waals surface area contributed by atoms with Crippen LogP contribution in [0.5, 0.6) is 0 Å². The highest BCUT2D eigenvalue weighted by Gasteiger charge is 2.20. The van der Waals surface area contributed by atoms with Gasteiger partial charge in [-0.05, 0) is 41.0 Å². The van der Waals surface area contributed by atoms with E-state index in [1.165, 1.54) is 0 Å². The number of rotatable bonds is 4. The zero-order valence-electron chi connectivity index (χ0n) is 15.6. The van der Waals surface area contributed by atoms with E-state index in [1.54, 1.807) is 4.68 Å². The highest BCUT2D eigenvalue weighted by atomic mass is 16.2. The van der Waals surface area contributed by atoms with E-state index in [1.807, 2.05) is 44.8 Å². The molecule has 132 valence electrons. The molecule has 2 N–H and O–H groups in total. The lowest BCUT2D eigenvalue weighted by molar-refractivity contribution is 0.249. The summed E-state index contributed by atoms with van der Waals surface area (Å²) in [5, 5.41) is 14.7. The molecule has 1 atom stereocenters. The van der Waals surface area contributed by atoms with Crippen LogP contribution >= 0.6 is 0 Å². The second-order valence-corrected chi connectivity index (χ2v) is 7.10. The van der Waals surface area contributed by atoms with Crippen molar-refractivity contribution in [3.63, 3.8) is 0 Å². The van der Waals surface area contributed by atoms with Gasteiger partial charge < -0.3 is 5.32 Å². The maximum Gasteiger partial charge on any atom is 0.320 e. The quantitative estimate of drug-likeness (QED) is 0.903. The largest absolute Gasteiger partial charge is 0.331 e. The number of hydrogen-bond donors (Lipinski definition) is 2. The van der Waals surface area contributed by atoms with Crippen LogP contribution in [-0.2, 0) is 19.0 Å². The molecule has 0 bridgehead atoms. The number of hydrogen-bond acceptors (Lipinski definition) is 3. The highest BCUT2D eigenvalue weighted by molar-refractivity contribution is 5.88. The fraction of sp³-hybridized carbons (Fsp3) is 0.588. The zero-order chi connectivity index (χ0) is 18.1. The van der Waals surface area contributed by atoms with Gasteiger partial charge in [0, 0.05) is 24.9 Å². The first-order chi connectivity index (χ1) is 11.1. The Hall–Kier alpha value is -2.31. The molecule has 2 aromatic rings. The molecular weight excluding hydrogens is 304 g/mol. The van der Waals surface area contributed by atoms with Gasteiger partial charge in [0.05, 0.1) is 23.0 Å². The van der Waals surface area contributed by atoms with E-state index in [4.69, 9.17) is 0 Å². The second-order valence-electron chi connectivity index (χ2n) is 7.10. The van der Waals surface area contributed by atoms with Crippen LogP contribution in [0.1, 0.15) is 57.6 Å². The Kier molecular flexibility index (Phi) is 5.01. The van der Waals surface area contributed by atoms with E-state index in [2.05, 4.69) is 41.6 Å². The van der Waals surface area contributed by atoms with Crippen molar-refractivity contribution in [3.8, 4) is 0 Å². The van der Waals surface area contributed by atoms with E-state index >= 15 is 0 Å². The van der Waals surface area contributed by atoms with E-state index in [0.29, 0.717) is 5.82 Å². The molecule has 0 unspecified atom stereocenters. The Morgan fingerprint density at radius 2 is 2.00 bits per heavy atom. The van der Waals surface area contributed by atoms with Crippen molar-refractivity contribution in [1.82, 2.24) is 24.9 Å². The Morgan fingerprint density at radius 3 is 2.50 bits per heavy atom. The third-order valence-corrected chi connectivity index (χ3v) is 3.97. The summed E-state index contributed by atoms with van der Waals surface area (Å²) in [5.41, 5.74) is 2.80. The van der Waals surface area contributed by atoms with Crippen molar-refractivity contribution in [1.29, 1.82) is 0 Å². The summed E-state index contributed by atoms with van der Waals surface area (Å²) in [5.74, 6) is 0.679. The van der Waals surface area contributed by atoms with Crippen molar-refractivity contribution >= 4 is 11.8 Å². The first-order valence-electron chi connectivity index (χ1n) is 8.29. The summed E-state index contributed by atoms with van der Waals surface area (Å²) in [4.78, 5) is 12.3. The average molecular weight is 332 g/mol. The molecule has 0 aromatic carbocycles. The SMILES string of the molecule is CCc1cc(NC(=O)N[C@H](C)c2cn(C(C)(C)C)nc2C)n(C)n1. The minimum absolute atomic E-state index is 0.0871. The summed E-state index contributed by atoms with van der Waals surface area (Å²) in [7, 11) is 1.82. The summed E-state index contributed by atoms with van der Waals surface area (Å²) >= 11 is 0. The van der Waals surface area contributed by atoms with Crippen molar-refractivity contribution in [2.45, 2.75) is 59.5 Å². The molecule has 7 heteroatoms. The van der Waals surface area contributed by atoms with Crippen LogP contribution in [0.4, 0.5) is 10.6 Å². The monoisotopic (exact) mass is 332 g/mol. The Bertz CT molecular complexity index is 722. The molecule has 2 rings (SSSR count). The number of nitrogens with zero attached hydrogens (tertiary/aromatic N) is 4. The maximum absolute atomic E-state index is 12.3. The molecule has 7 nitrogen and oxygen atoms in total. The molecule has 2 amide bonds. The van der Waals surface area contributed by atoms with Crippen LogP contribution < -0.4 is 10.6 Å². The molecular formula is C17H28N6O. The lowest BCUT2D eigenvalue weighted by Gasteiger charge is -2.19. The van der Waals surface area contributed by atoms with Gasteiger partial charge in [0.2, 0.25) is 0 Å². The van der Waals surface area contributed by atoms with Crippen molar-refractivity contribution < 1.29 is 4.79 Å². The summed E-state index contributed by atoms with van der Waals surface area (Å²) in [6.45, 7) is 12.2. The molecule has 0 spiro atoms. The molecule has 0 aliphatic rings. The predicted molar refractivity (Wildman–Crippen MR) is 95.1 cm³/mol. The topological polar surface area (TPSA) is 76.8 Å². The second kappa shape index (κ2) is 6.67. The number of anilines is 1. The van der Waals surface area contributed by atoms with Gasteiger partial charge in [0.15, 0.2) is 0 Å². The van der Waals surface area contributed by atoms with Gasteiger partial charge in [0.25, 0.3) is 0 Å². The first kappa shape index (κ1) is 18.0. The maximum atomic E-state index is 12.3. The van der Waals surface area contributed by atoms with Gasteiger partial charge in [-0.1, -0.05) is 6.92 Å². The van der Waals surface area contributed by atoms with Gasteiger partial charge in [-0.15, -0.1) is 0 Å². The Labute approximate surface area is 143 Å². The summed E-state index contributed by atoms with van der Waals surface area (Å²) < 4.78 is 3.61. The number of amides is 2. The molecule has 0 radical (unpaired) electrons. The van der Waals surface area contributed by atoms with Crippen molar-refractivity contribution in [3.05, 3.63) is 29.2 Å². The van der Waals surface area contributed by atoms with Gasteiger partial charge in [0.1, 0.15) is 5.82 Å². The lowest BCUT2D eigenvalue weighted by Crippen LogP contribution is -2.32. The number of carbonyl (C=O) groups is 1. The number of aromatic nitrogens is 4. The third-order valence-electron chi connectivity index (χ3n) is 3.97. The lowest BCUT2D eigenvalue weighted by atomic mass is 10.1. The smallest absolute Gasteiger partial charge is 0.320 e. The highest BCUT2D eigenvalue weighted by Crippen LogP contribution is 2.21. The fourth-order valence-corrected chi connectivity index (χ4v) is 2.49. The van der Waals surface area contributed by atoms with Gasteiger partial charge in [-0.25, -0.2) is 4.79 Å². The van der Waals surface area contributed by atoms with Crippen molar-refractivity contribution in [2.75, 3.05) is 5.32 Å². The normalized spacial score (nSPS) is 13.0. The first-order valence-corrected chi connectivity index (χ1v) is 8.29. The van der Waals surface area contributed by atoms with E-state index < -0.39 is 0 Å². The number of carbonyl (C=O) groups excluding carboxylic acids is 1. The standard InChI is InChI=1S/C17H28N6O/c1-8-13-9-15(22(7)21-13)19-16(24)18-11(2)14-10-23(17(4,5)6)20-12(14)3/h9-11H,8H2,1-7H3,(H2,18,19,24)/t11-/m1/s1. The average Bonchev–Trinajstić information content (AvgIpc) is 3.02. The Morgan fingerprint density at radius 1 is 1.33 bits per heavy atom.